The van der Waals surface area contributed by atoms with Crippen LogP contribution in [0.3, 0.4) is 0 Å². The zero-order valence-electron chi connectivity index (χ0n) is 18.2. The summed E-state index contributed by atoms with van der Waals surface area (Å²) in [6, 6.07) is 4.67. The molecule has 0 N–H and O–H groups in total. The Morgan fingerprint density at radius 1 is 0.571 bits per heavy atom. The second kappa shape index (κ2) is 15.0. The lowest BCUT2D eigenvalue weighted by Crippen LogP contribution is -1.87. The van der Waals surface area contributed by atoms with Crippen LogP contribution in [0.25, 0.3) is 12.2 Å². The first kappa shape index (κ1) is 23.4. The van der Waals surface area contributed by atoms with Crippen molar-refractivity contribution in [3.05, 3.63) is 43.8 Å². The zero-order valence-corrected chi connectivity index (χ0v) is 19.8. The first-order valence-electron chi connectivity index (χ1n) is 11.7. The molecule has 2 aromatic heterocycles. The minimum atomic E-state index is 1.24. The lowest BCUT2D eigenvalue weighted by molar-refractivity contribution is 0.607. The van der Waals surface area contributed by atoms with E-state index in [1.54, 1.807) is 11.1 Å². The highest BCUT2D eigenvalue weighted by Gasteiger charge is 2.04. The molecule has 2 heteroatoms. The fourth-order valence-corrected chi connectivity index (χ4v) is 5.44. The Morgan fingerprint density at radius 3 is 1.39 bits per heavy atom. The Balaban J connectivity index is 1.76. The van der Waals surface area contributed by atoms with E-state index in [0.717, 1.165) is 0 Å². The molecular formula is C26H40S2. The molecular weight excluding hydrogens is 376 g/mol. The number of thiophene rings is 2. The van der Waals surface area contributed by atoms with Crippen molar-refractivity contribution < 1.29 is 0 Å². The number of rotatable bonds is 16. The van der Waals surface area contributed by atoms with Crippen molar-refractivity contribution >= 4 is 34.8 Å². The molecule has 28 heavy (non-hydrogen) atoms. The predicted octanol–water partition coefficient (Wildman–Crippen LogP) is 9.79. The molecule has 2 heterocycles. The number of aryl methyl sites for hydroxylation is 2. The third kappa shape index (κ3) is 9.09. The summed E-state index contributed by atoms with van der Waals surface area (Å²) in [6.07, 6.45) is 23.7. The maximum absolute atomic E-state index is 2.37. The van der Waals surface area contributed by atoms with Crippen LogP contribution in [-0.4, -0.2) is 0 Å². The molecule has 0 bridgehead atoms. The van der Waals surface area contributed by atoms with Crippen molar-refractivity contribution in [2.45, 2.75) is 104 Å². The molecule has 0 atom stereocenters. The minimum absolute atomic E-state index is 1.24. The van der Waals surface area contributed by atoms with Crippen molar-refractivity contribution in [2.75, 3.05) is 0 Å². The van der Waals surface area contributed by atoms with Crippen molar-refractivity contribution in [1.29, 1.82) is 0 Å². The molecule has 0 nitrogen and oxygen atoms in total. The molecule has 0 amide bonds. The highest BCUT2D eigenvalue weighted by atomic mass is 32.1. The van der Waals surface area contributed by atoms with Gasteiger partial charge in [-0.15, -0.1) is 22.7 Å². The van der Waals surface area contributed by atoms with E-state index in [1.165, 1.54) is 99.6 Å². The first-order chi connectivity index (χ1) is 13.8. The van der Waals surface area contributed by atoms with Gasteiger partial charge in [0.05, 0.1) is 0 Å². The molecule has 156 valence electrons. The quantitative estimate of drug-likeness (QED) is 0.239. The van der Waals surface area contributed by atoms with Crippen molar-refractivity contribution in [1.82, 2.24) is 0 Å². The van der Waals surface area contributed by atoms with Gasteiger partial charge in [0, 0.05) is 9.75 Å². The summed E-state index contributed by atoms with van der Waals surface area (Å²) in [5.41, 5.74) is 3.09. The van der Waals surface area contributed by atoms with Gasteiger partial charge in [0.25, 0.3) is 0 Å². The number of hydrogen-bond donors (Lipinski definition) is 0. The largest absolute Gasteiger partial charge is 0.144 e. The van der Waals surface area contributed by atoms with Gasteiger partial charge in [-0.1, -0.05) is 78.1 Å². The topological polar surface area (TPSA) is 0 Å². The third-order valence-corrected chi connectivity index (χ3v) is 7.40. The van der Waals surface area contributed by atoms with E-state index >= 15 is 0 Å². The summed E-state index contributed by atoms with van der Waals surface area (Å²) in [6.45, 7) is 4.58. The summed E-state index contributed by atoms with van der Waals surface area (Å²) in [5.74, 6) is 0. The Kier molecular flexibility index (Phi) is 12.6. The van der Waals surface area contributed by atoms with E-state index in [1.807, 2.05) is 22.7 Å². The predicted molar refractivity (Wildman–Crippen MR) is 132 cm³/mol. The molecule has 0 spiro atoms. The smallest absolute Gasteiger partial charge is 0.0302 e. The van der Waals surface area contributed by atoms with Crippen LogP contribution in [0.2, 0.25) is 0 Å². The molecule has 0 fully saturated rings. The van der Waals surface area contributed by atoms with E-state index in [4.69, 9.17) is 0 Å². The Hall–Kier alpha value is -0.860. The molecule has 0 unspecified atom stereocenters. The number of hydrogen-bond acceptors (Lipinski definition) is 2. The van der Waals surface area contributed by atoms with Gasteiger partial charge in [-0.3, -0.25) is 0 Å². The van der Waals surface area contributed by atoms with Crippen LogP contribution in [0, 0.1) is 0 Å². The molecule has 0 saturated carbocycles. The molecule has 0 radical (unpaired) electrons. The normalized spacial score (nSPS) is 11.6. The molecule has 0 aromatic carbocycles. The van der Waals surface area contributed by atoms with Gasteiger partial charge in [-0.2, -0.15) is 0 Å². The van der Waals surface area contributed by atoms with Gasteiger partial charge in [-0.05, 0) is 71.9 Å². The van der Waals surface area contributed by atoms with Crippen molar-refractivity contribution in [3.8, 4) is 0 Å². The molecule has 2 aromatic rings. The van der Waals surface area contributed by atoms with Gasteiger partial charge in [-0.25, -0.2) is 0 Å². The van der Waals surface area contributed by atoms with Crippen LogP contribution in [0.5, 0.6) is 0 Å². The maximum Gasteiger partial charge on any atom is 0.0302 e. The minimum Gasteiger partial charge on any atom is -0.144 e. The SMILES string of the molecule is CCCCCCCCc1ccsc1C=Cc1sccc1CCCCCCCC. The molecule has 0 aliphatic heterocycles. The van der Waals surface area contributed by atoms with E-state index in [-0.39, 0.29) is 0 Å². The van der Waals surface area contributed by atoms with Gasteiger partial charge in [0.2, 0.25) is 0 Å². The standard InChI is InChI=1S/C26H40S2/c1-3-5-7-9-11-13-15-23-19-21-27-25(23)17-18-26-24(20-22-28-26)16-14-12-10-8-6-4-2/h17-22H,3-16H2,1-2H3. The zero-order chi connectivity index (χ0) is 19.9. The van der Waals surface area contributed by atoms with Crippen LogP contribution in [-0.2, 0) is 12.8 Å². The van der Waals surface area contributed by atoms with E-state index in [0.29, 0.717) is 0 Å². The van der Waals surface area contributed by atoms with Crippen molar-refractivity contribution in [2.24, 2.45) is 0 Å². The van der Waals surface area contributed by atoms with Crippen LogP contribution in [0.4, 0.5) is 0 Å². The fourth-order valence-electron chi connectivity index (χ4n) is 3.74. The number of unbranched alkanes of at least 4 members (excludes halogenated alkanes) is 10. The summed E-state index contributed by atoms with van der Waals surface area (Å²) in [5, 5.41) is 4.52. The lowest BCUT2D eigenvalue weighted by atomic mass is 10.0. The molecule has 2 rings (SSSR count). The molecule has 0 aliphatic carbocycles. The van der Waals surface area contributed by atoms with Crippen LogP contribution >= 0.6 is 22.7 Å². The Labute approximate surface area is 182 Å². The monoisotopic (exact) mass is 416 g/mol. The van der Waals surface area contributed by atoms with E-state index < -0.39 is 0 Å². The second-order valence-corrected chi connectivity index (χ2v) is 9.88. The second-order valence-electron chi connectivity index (χ2n) is 7.99. The summed E-state index contributed by atoms with van der Waals surface area (Å²) >= 11 is 3.79. The highest BCUT2D eigenvalue weighted by Crippen LogP contribution is 2.26. The molecule has 0 saturated heterocycles. The average Bonchev–Trinajstić information content (AvgIpc) is 3.34. The van der Waals surface area contributed by atoms with Gasteiger partial charge < -0.3 is 0 Å². The summed E-state index contributed by atoms with van der Waals surface area (Å²) in [4.78, 5) is 2.93. The fraction of sp³-hybridized carbons (Fsp3) is 0.615. The van der Waals surface area contributed by atoms with Gasteiger partial charge >= 0.3 is 0 Å². The first-order valence-corrected chi connectivity index (χ1v) is 13.4. The lowest BCUT2D eigenvalue weighted by Gasteiger charge is -2.03. The summed E-state index contributed by atoms with van der Waals surface area (Å²) in [7, 11) is 0. The van der Waals surface area contributed by atoms with Crippen molar-refractivity contribution in [3.63, 3.8) is 0 Å². The van der Waals surface area contributed by atoms with Crippen LogP contribution in [0.1, 0.15) is 112 Å². The average molecular weight is 417 g/mol. The Morgan fingerprint density at radius 2 is 0.964 bits per heavy atom. The third-order valence-electron chi connectivity index (χ3n) is 5.55. The Bertz CT molecular complexity index is 591. The maximum atomic E-state index is 2.37. The van der Waals surface area contributed by atoms with Crippen LogP contribution < -0.4 is 0 Å². The highest BCUT2D eigenvalue weighted by molar-refractivity contribution is 7.12. The summed E-state index contributed by atoms with van der Waals surface area (Å²) < 4.78 is 0. The van der Waals surface area contributed by atoms with E-state index in [9.17, 15) is 0 Å². The molecule has 0 aliphatic rings. The van der Waals surface area contributed by atoms with Gasteiger partial charge in [0.15, 0.2) is 0 Å². The van der Waals surface area contributed by atoms with E-state index in [2.05, 4.69) is 48.9 Å². The van der Waals surface area contributed by atoms with Gasteiger partial charge in [0.1, 0.15) is 0 Å². The van der Waals surface area contributed by atoms with Crippen LogP contribution in [0.15, 0.2) is 22.9 Å².